The average Bonchev–Trinajstić information content (AvgIpc) is 2.90. The Morgan fingerprint density at radius 3 is 2.46 bits per heavy atom. The zero-order chi connectivity index (χ0) is 20.9. The van der Waals surface area contributed by atoms with Crippen molar-refractivity contribution < 1.29 is 22.4 Å². The van der Waals surface area contributed by atoms with Gasteiger partial charge < -0.3 is 9.73 Å². The van der Waals surface area contributed by atoms with E-state index in [1.165, 1.54) is 26.2 Å². The highest BCUT2D eigenvalue weighted by molar-refractivity contribution is 7.89. The van der Waals surface area contributed by atoms with Gasteiger partial charge in [0.2, 0.25) is 10.0 Å². The van der Waals surface area contributed by atoms with Gasteiger partial charge in [0.15, 0.2) is 11.5 Å². The smallest absolute Gasteiger partial charge is 0.291 e. The molecule has 8 heteroatoms. The molecule has 0 spiro atoms. The number of nitrogens with one attached hydrogen (secondary N) is 1. The van der Waals surface area contributed by atoms with E-state index in [0.717, 1.165) is 4.31 Å². The first-order valence-corrected chi connectivity index (χ1v) is 10.4. The second-order valence-corrected chi connectivity index (χ2v) is 10.2. The Morgan fingerprint density at radius 2 is 1.82 bits per heavy atom. The Balaban J connectivity index is 1.98. The number of Topliss-reactive ketones (excluding diaryl/α,β-unsaturated/α-hetero) is 1. The predicted molar refractivity (Wildman–Crippen MR) is 105 cm³/mol. The van der Waals surface area contributed by atoms with Gasteiger partial charge in [0.1, 0.15) is 10.7 Å². The molecule has 7 nitrogen and oxygen atoms in total. The Kier molecular flexibility index (Phi) is 4.97. The zero-order valence-corrected chi connectivity index (χ0v) is 17.4. The van der Waals surface area contributed by atoms with Crippen LogP contribution in [0.5, 0.6) is 0 Å². The molecule has 0 fully saturated rings. The van der Waals surface area contributed by atoms with Crippen molar-refractivity contribution >= 4 is 27.4 Å². The number of ketones is 1. The number of fused-ring (bicyclic) bond motifs is 1. The minimum atomic E-state index is -3.74. The van der Waals surface area contributed by atoms with E-state index in [1.54, 1.807) is 19.1 Å². The number of rotatable bonds is 4. The molecule has 0 saturated carbocycles. The van der Waals surface area contributed by atoms with Gasteiger partial charge in [-0.2, -0.15) is 0 Å². The number of nitrogens with zero attached hydrogens (tertiary/aromatic N) is 1. The second-order valence-electron chi connectivity index (χ2n) is 8.03. The minimum absolute atomic E-state index is 0.0143. The average molecular weight is 404 g/mol. The van der Waals surface area contributed by atoms with Crippen molar-refractivity contribution in [3.63, 3.8) is 0 Å². The van der Waals surface area contributed by atoms with Crippen molar-refractivity contribution in [2.45, 2.75) is 38.5 Å². The van der Waals surface area contributed by atoms with Gasteiger partial charge in [-0.05, 0) is 24.5 Å². The van der Waals surface area contributed by atoms with Crippen LogP contribution in [-0.2, 0) is 16.4 Å². The molecule has 2 aromatic rings. The topological polar surface area (TPSA) is 96.7 Å². The van der Waals surface area contributed by atoms with E-state index in [1.807, 2.05) is 13.8 Å². The van der Waals surface area contributed by atoms with Crippen molar-refractivity contribution in [3.05, 3.63) is 46.9 Å². The first-order chi connectivity index (χ1) is 12.9. The maximum atomic E-state index is 12.8. The van der Waals surface area contributed by atoms with Crippen molar-refractivity contribution in [1.29, 1.82) is 0 Å². The molecule has 1 aliphatic rings. The molecule has 1 amide bonds. The van der Waals surface area contributed by atoms with Crippen LogP contribution in [0.2, 0.25) is 0 Å². The molecule has 1 N–H and O–H groups in total. The molecule has 3 rings (SSSR count). The van der Waals surface area contributed by atoms with Gasteiger partial charge in [-0.1, -0.05) is 26.0 Å². The highest BCUT2D eigenvalue weighted by atomic mass is 32.2. The lowest BCUT2D eigenvalue weighted by molar-refractivity contribution is 0.0898. The highest BCUT2D eigenvalue weighted by Crippen LogP contribution is 2.38. The third-order valence-electron chi connectivity index (χ3n) is 4.88. The zero-order valence-electron chi connectivity index (χ0n) is 16.6. The van der Waals surface area contributed by atoms with Gasteiger partial charge in [-0.3, -0.25) is 9.59 Å². The van der Waals surface area contributed by atoms with Crippen LogP contribution in [0.3, 0.4) is 0 Å². The lowest BCUT2D eigenvalue weighted by atomic mass is 9.76. The van der Waals surface area contributed by atoms with Gasteiger partial charge in [0.25, 0.3) is 5.91 Å². The van der Waals surface area contributed by atoms with Gasteiger partial charge in [0.05, 0.1) is 11.3 Å². The van der Waals surface area contributed by atoms with Crippen LogP contribution in [0.15, 0.2) is 33.6 Å². The van der Waals surface area contributed by atoms with E-state index >= 15 is 0 Å². The van der Waals surface area contributed by atoms with E-state index in [0.29, 0.717) is 29.7 Å². The maximum absolute atomic E-state index is 12.8. The Hall–Kier alpha value is -2.45. The Morgan fingerprint density at radius 1 is 1.18 bits per heavy atom. The molecule has 28 heavy (non-hydrogen) atoms. The monoisotopic (exact) mass is 404 g/mol. The number of anilines is 1. The van der Waals surface area contributed by atoms with E-state index in [4.69, 9.17) is 4.42 Å². The molecule has 0 saturated heterocycles. The lowest BCUT2D eigenvalue weighted by Crippen LogP contribution is -2.26. The molecule has 1 heterocycles. The summed E-state index contributed by atoms with van der Waals surface area (Å²) >= 11 is 0. The first kappa shape index (κ1) is 20.3. The molecule has 0 unspecified atom stereocenters. The minimum Gasteiger partial charge on any atom is -0.455 e. The predicted octanol–water partition coefficient (Wildman–Crippen LogP) is 3.25. The molecule has 1 aromatic carbocycles. The van der Waals surface area contributed by atoms with Crippen LogP contribution in [0.1, 0.15) is 52.5 Å². The summed E-state index contributed by atoms with van der Waals surface area (Å²) in [5.74, 6) is -0.0766. The molecule has 0 radical (unpaired) electrons. The van der Waals surface area contributed by atoms with Crippen LogP contribution in [0, 0.1) is 12.3 Å². The highest BCUT2D eigenvalue weighted by Gasteiger charge is 2.37. The number of furan rings is 1. The summed E-state index contributed by atoms with van der Waals surface area (Å²) in [6.07, 6.45) is 0.957. The van der Waals surface area contributed by atoms with E-state index in [9.17, 15) is 18.0 Å². The molecular weight excluding hydrogens is 380 g/mol. The summed E-state index contributed by atoms with van der Waals surface area (Å²) < 4.78 is 31.9. The van der Waals surface area contributed by atoms with Crippen LogP contribution < -0.4 is 5.32 Å². The molecule has 0 bridgehead atoms. The summed E-state index contributed by atoms with van der Waals surface area (Å²) in [5, 5.41) is 2.62. The number of benzene rings is 1. The van der Waals surface area contributed by atoms with Gasteiger partial charge in [-0.15, -0.1) is 0 Å². The summed E-state index contributed by atoms with van der Waals surface area (Å²) in [5.41, 5.74) is 0.885. The van der Waals surface area contributed by atoms with Gasteiger partial charge in [0, 0.05) is 32.5 Å². The standard InChI is InChI=1S/C20H24N2O5S/c1-12-17-14(23)10-20(2,3)11-15(17)27-18(12)19(24)21-13-8-6-7-9-16(13)28(25,26)22(4)5/h6-9H,10-11H2,1-5H3,(H,21,24). The van der Waals surface area contributed by atoms with Crippen molar-refractivity contribution in [2.24, 2.45) is 5.41 Å². The fourth-order valence-corrected chi connectivity index (χ4v) is 4.51. The molecule has 150 valence electrons. The fraction of sp³-hybridized carbons (Fsp3) is 0.400. The molecular formula is C20H24N2O5S. The SMILES string of the molecule is Cc1c(C(=O)Nc2ccccc2S(=O)(=O)N(C)C)oc2c1C(=O)CC(C)(C)C2. The molecule has 0 atom stereocenters. The van der Waals surface area contributed by atoms with Crippen molar-refractivity contribution in [2.75, 3.05) is 19.4 Å². The largest absolute Gasteiger partial charge is 0.455 e. The first-order valence-electron chi connectivity index (χ1n) is 8.92. The maximum Gasteiger partial charge on any atom is 0.291 e. The summed E-state index contributed by atoms with van der Waals surface area (Å²) in [6, 6.07) is 6.16. The number of amides is 1. The van der Waals surface area contributed by atoms with E-state index in [-0.39, 0.29) is 27.5 Å². The number of carbonyl (C=O) groups is 2. The molecule has 1 aromatic heterocycles. The number of hydrogen-bond donors (Lipinski definition) is 1. The second kappa shape index (κ2) is 6.86. The van der Waals surface area contributed by atoms with E-state index in [2.05, 4.69) is 5.32 Å². The van der Waals surface area contributed by atoms with Gasteiger partial charge >= 0.3 is 0 Å². The van der Waals surface area contributed by atoms with Gasteiger partial charge in [-0.25, -0.2) is 12.7 Å². The third kappa shape index (κ3) is 3.49. The van der Waals surface area contributed by atoms with E-state index < -0.39 is 15.9 Å². The Labute approximate surface area is 164 Å². The third-order valence-corrected chi connectivity index (χ3v) is 6.75. The molecule has 0 aliphatic heterocycles. The lowest BCUT2D eigenvalue weighted by Gasteiger charge is -2.27. The number of para-hydroxylation sites is 1. The summed E-state index contributed by atoms with van der Waals surface area (Å²) in [4.78, 5) is 25.3. The van der Waals surface area contributed by atoms with Crippen molar-refractivity contribution in [3.8, 4) is 0 Å². The summed E-state index contributed by atoms with van der Waals surface area (Å²) in [6.45, 7) is 5.64. The number of carbonyl (C=O) groups excluding carboxylic acids is 2. The number of sulfonamides is 1. The normalized spacial score (nSPS) is 16.1. The van der Waals surface area contributed by atoms with Crippen LogP contribution in [0.25, 0.3) is 0 Å². The summed E-state index contributed by atoms with van der Waals surface area (Å²) in [7, 11) is -0.893. The van der Waals surface area contributed by atoms with Crippen LogP contribution in [-0.4, -0.2) is 38.5 Å². The van der Waals surface area contributed by atoms with Crippen molar-refractivity contribution in [1.82, 2.24) is 4.31 Å². The quantitative estimate of drug-likeness (QED) is 0.844. The van der Waals surface area contributed by atoms with Crippen LogP contribution in [0.4, 0.5) is 5.69 Å². The van der Waals surface area contributed by atoms with Crippen LogP contribution >= 0.6 is 0 Å². The Bertz CT molecular complexity index is 1060. The molecule has 1 aliphatic carbocycles. The number of hydrogen-bond acceptors (Lipinski definition) is 5. The fourth-order valence-electron chi connectivity index (χ4n) is 3.47.